The second-order valence-corrected chi connectivity index (χ2v) is 2.84. The molecule has 0 bridgehead atoms. The molecule has 0 saturated heterocycles. The summed E-state index contributed by atoms with van der Waals surface area (Å²) >= 11 is 0. The minimum absolute atomic E-state index is 0.506. The van der Waals surface area contributed by atoms with Crippen molar-refractivity contribution in [2.75, 3.05) is 6.61 Å². The molecule has 0 amide bonds. The van der Waals surface area contributed by atoms with Crippen LogP contribution in [-0.4, -0.2) is 16.8 Å². The Morgan fingerprint density at radius 2 is 2.23 bits per heavy atom. The van der Waals surface area contributed by atoms with Crippen LogP contribution in [0.1, 0.15) is 5.69 Å². The Bertz CT molecular complexity index is 396. The van der Waals surface area contributed by atoms with Crippen LogP contribution in [0.5, 0.6) is 0 Å². The van der Waals surface area contributed by atoms with Gasteiger partial charge in [-0.15, -0.1) is 0 Å². The van der Waals surface area contributed by atoms with Gasteiger partial charge in [-0.25, -0.2) is 5.90 Å². The van der Waals surface area contributed by atoms with Crippen LogP contribution in [0.2, 0.25) is 0 Å². The van der Waals surface area contributed by atoms with E-state index in [1.165, 1.54) is 0 Å². The van der Waals surface area contributed by atoms with E-state index in [1.807, 2.05) is 24.3 Å². The Morgan fingerprint density at radius 3 is 3.08 bits per heavy atom. The van der Waals surface area contributed by atoms with E-state index in [1.54, 1.807) is 0 Å². The van der Waals surface area contributed by atoms with E-state index < -0.39 is 0 Å². The van der Waals surface area contributed by atoms with Crippen molar-refractivity contribution in [3.05, 3.63) is 30.0 Å². The van der Waals surface area contributed by atoms with Crippen LogP contribution in [-0.2, 0) is 11.3 Å². The number of hydrogen-bond donors (Lipinski definition) is 2. The number of aromatic amines is 1. The molecule has 13 heavy (non-hydrogen) atoms. The molecular formula is C9H11N3O. The van der Waals surface area contributed by atoms with Crippen LogP contribution in [0.3, 0.4) is 0 Å². The summed E-state index contributed by atoms with van der Waals surface area (Å²) in [6.07, 6.45) is 0.761. The summed E-state index contributed by atoms with van der Waals surface area (Å²) in [5.74, 6) is 4.95. The summed E-state index contributed by atoms with van der Waals surface area (Å²) in [4.78, 5) is 4.52. The zero-order valence-electron chi connectivity index (χ0n) is 7.16. The minimum atomic E-state index is 0.506. The minimum Gasteiger partial charge on any atom is -0.304 e. The smallest absolute Gasteiger partial charge is 0.0923 e. The van der Waals surface area contributed by atoms with Gasteiger partial charge in [-0.3, -0.25) is 5.10 Å². The first-order valence-electron chi connectivity index (χ1n) is 4.15. The van der Waals surface area contributed by atoms with Crippen molar-refractivity contribution in [1.82, 2.24) is 10.2 Å². The molecular weight excluding hydrogens is 166 g/mol. The average Bonchev–Trinajstić information content (AvgIpc) is 2.58. The first kappa shape index (κ1) is 8.22. The lowest BCUT2D eigenvalue weighted by Gasteiger charge is -1.95. The number of rotatable bonds is 3. The van der Waals surface area contributed by atoms with E-state index in [-0.39, 0.29) is 0 Å². The largest absolute Gasteiger partial charge is 0.304 e. The highest BCUT2D eigenvalue weighted by Crippen LogP contribution is 2.14. The molecule has 0 spiro atoms. The van der Waals surface area contributed by atoms with Gasteiger partial charge in [0.05, 0.1) is 12.1 Å². The van der Waals surface area contributed by atoms with E-state index in [9.17, 15) is 0 Å². The van der Waals surface area contributed by atoms with Crippen LogP contribution in [0.4, 0.5) is 0 Å². The number of fused-ring (bicyclic) bond motifs is 1. The number of nitrogens with two attached hydrogens (primary N) is 1. The van der Waals surface area contributed by atoms with Crippen molar-refractivity contribution in [3.8, 4) is 0 Å². The lowest BCUT2D eigenvalue weighted by atomic mass is 10.2. The molecule has 1 aromatic heterocycles. The zero-order valence-corrected chi connectivity index (χ0v) is 7.16. The SMILES string of the molecule is NOCCc1[nH]nc2ccccc12. The quantitative estimate of drug-likeness (QED) is 0.687. The standard InChI is InChI=1S/C9H11N3O/c10-13-6-5-9-7-3-1-2-4-8(7)11-12-9/h1-4H,5-6,10H2,(H,11,12). The van der Waals surface area contributed by atoms with E-state index >= 15 is 0 Å². The summed E-state index contributed by atoms with van der Waals surface area (Å²) in [5, 5.41) is 8.25. The lowest BCUT2D eigenvalue weighted by molar-refractivity contribution is 0.141. The molecule has 2 rings (SSSR count). The topological polar surface area (TPSA) is 63.9 Å². The Balaban J connectivity index is 2.35. The van der Waals surface area contributed by atoms with Crippen LogP contribution in [0.15, 0.2) is 24.3 Å². The third-order valence-corrected chi connectivity index (χ3v) is 2.01. The monoisotopic (exact) mass is 177 g/mol. The van der Waals surface area contributed by atoms with Crippen molar-refractivity contribution in [2.24, 2.45) is 5.90 Å². The van der Waals surface area contributed by atoms with Gasteiger partial charge < -0.3 is 4.84 Å². The second kappa shape index (κ2) is 3.55. The summed E-state index contributed by atoms with van der Waals surface area (Å²) in [6, 6.07) is 7.96. The molecule has 1 aromatic carbocycles. The molecule has 0 aliphatic rings. The number of hydrogen-bond acceptors (Lipinski definition) is 3. The fourth-order valence-electron chi connectivity index (χ4n) is 1.37. The third kappa shape index (κ3) is 1.54. The Hall–Kier alpha value is -1.39. The third-order valence-electron chi connectivity index (χ3n) is 2.01. The molecule has 2 aromatic rings. The van der Waals surface area contributed by atoms with E-state index in [4.69, 9.17) is 5.90 Å². The average molecular weight is 177 g/mol. The maximum absolute atomic E-state index is 4.95. The van der Waals surface area contributed by atoms with Crippen molar-refractivity contribution < 1.29 is 4.84 Å². The van der Waals surface area contributed by atoms with Crippen LogP contribution in [0, 0.1) is 0 Å². The Labute approximate surface area is 75.6 Å². The molecule has 0 fully saturated rings. The number of nitrogens with one attached hydrogen (secondary N) is 1. The van der Waals surface area contributed by atoms with Gasteiger partial charge in [-0.2, -0.15) is 5.10 Å². The van der Waals surface area contributed by atoms with Gasteiger partial charge in [-0.05, 0) is 6.07 Å². The van der Waals surface area contributed by atoms with Gasteiger partial charge in [0.15, 0.2) is 0 Å². The van der Waals surface area contributed by atoms with Gasteiger partial charge in [-0.1, -0.05) is 18.2 Å². The van der Waals surface area contributed by atoms with Gasteiger partial charge in [0.1, 0.15) is 0 Å². The normalized spacial score (nSPS) is 10.8. The molecule has 0 aliphatic heterocycles. The first-order valence-corrected chi connectivity index (χ1v) is 4.15. The summed E-state index contributed by atoms with van der Waals surface area (Å²) in [6.45, 7) is 0.506. The fraction of sp³-hybridized carbons (Fsp3) is 0.222. The number of nitrogens with zero attached hydrogens (tertiary/aromatic N) is 1. The molecule has 4 heteroatoms. The first-order chi connectivity index (χ1) is 6.42. The number of benzene rings is 1. The number of H-pyrrole nitrogens is 1. The predicted octanol–water partition coefficient (Wildman–Crippen LogP) is 0.996. The number of para-hydroxylation sites is 1. The van der Waals surface area contributed by atoms with Crippen molar-refractivity contribution in [3.63, 3.8) is 0 Å². The highest BCUT2D eigenvalue weighted by atomic mass is 16.6. The maximum Gasteiger partial charge on any atom is 0.0923 e. The molecule has 0 saturated carbocycles. The van der Waals surface area contributed by atoms with Crippen LogP contribution < -0.4 is 5.90 Å². The summed E-state index contributed by atoms with van der Waals surface area (Å²) < 4.78 is 0. The second-order valence-electron chi connectivity index (χ2n) is 2.84. The highest BCUT2D eigenvalue weighted by Gasteiger charge is 2.02. The van der Waals surface area contributed by atoms with Gasteiger partial charge in [0, 0.05) is 17.5 Å². The Morgan fingerprint density at radius 1 is 1.38 bits per heavy atom. The molecule has 68 valence electrons. The van der Waals surface area contributed by atoms with Gasteiger partial charge in [0.2, 0.25) is 0 Å². The van der Waals surface area contributed by atoms with E-state index in [0.717, 1.165) is 23.0 Å². The van der Waals surface area contributed by atoms with Gasteiger partial charge in [0.25, 0.3) is 0 Å². The number of aromatic nitrogens is 2. The Kier molecular flexibility index (Phi) is 2.25. The van der Waals surface area contributed by atoms with Crippen LogP contribution >= 0.6 is 0 Å². The molecule has 1 heterocycles. The zero-order chi connectivity index (χ0) is 9.10. The molecule has 0 radical (unpaired) electrons. The highest BCUT2D eigenvalue weighted by molar-refractivity contribution is 5.81. The maximum atomic E-state index is 4.95. The predicted molar refractivity (Wildman–Crippen MR) is 49.9 cm³/mol. The van der Waals surface area contributed by atoms with Crippen molar-refractivity contribution in [2.45, 2.75) is 6.42 Å². The molecule has 0 unspecified atom stereocenters. The summed E-state index contributed by atoms with van der Waals surface area (Å²) in [7, 11) is 0. The van der Waals surface area contributed by atoms with E-state index in [2.05, 4.69) is 15.0 Å². The molecule has 3 N–H and O–H groups in total. The van der Waals surface area contributed by atoms with Crippen LogP contribution in [0.25, 0.3) is 10.9 Å². The molecule has 0 atom stereocenters. The van der Waals surface area contributed by atoms with Crippen molar-refractivity contribution in [1.29, 1.82) is 0 Å². The van der Waals surface area contributed by atoms with Gasteiger partial charge >= 0.3 is 0 Å². The molecule has 4 nitrogen and oxygen atoms in total. The fourth-order valence-corrected chi connectivity index (χ4v) is 1.37. The van der Waals surface area contributed by atoms with E-state index in [0.29, 0.717) is 6.61 Å². The lowest BCUT2D eigenvalue weighted by Crippen LogP contribution is -2.03. The summed E-state index contributed by atoms with van der Waals surface area (Å²) in [5.41, 5.74) is 2.05. The van der Waals surface area contributed by atoms with Crippen molar-refractivity contribution >= 4 is 10.9 Å². The molecule has 0 aliphatic carbocycles.